The number of carbonyl (C=O) groups is 1. The SMILES string of the molecule is COC(=O)c1c(-n2c(=S)[nH]c3ccccc3c2=O)sc(C)c1C. The number of aryl methyl sites for hydroxylation is 1. The van der Waals surface area contributed by atoms with Crippen LogP contribution in [-0.2, 0) is 4.74 Å². The van der Waals surface area contributed by atoms with E-state index in [1.807, 2.05) is 19.9 Å². The second kappa shape index (κ2) is 5.75. The number of hydrogen-bond donors (Lipinski definition) is 1. The van der Waals surface area contributed by atoms with Crippen LogP contribution in [-0.4, -0.2) is 22.6 Å². The minimum Gasteiger partial charge on any atom is -0.465 e. The van der Waals surface area contributed by atoms with E-state index < -0.39 is 5.97 Å². The lowest BCUT2D eigenvalue weighted by atomic mass is 10.1. The fraction of sp³-hybridized carbons (Fsp3) is 0.188. The number of para-hydroxylation sites is 1. The van der Waals surface area contributed by atoms with Gasteiger partial charge in [-0.3, -0.25) is 4.79 Å². The smallest absolute Gasteiger partial charge is 0.341 e. The monoisotopic (exact) mass is 346 g/mol. The Balaban J connectivity index is 2.43. The third-order valence-electron chi connectivity index (χ3n) is 3.76. The van der Waals surface area contributed by atoms with Gasteiger partial charge in [0.25, 0.3) is 5.56 Å². The first-order valence-electron chi connectivity index (χ1n) is 6.88. The highest BCUT2D eigenvalue weighted by Gasteiger charge is 2.23. The van der Waals surface area contributed by atoms with Gasteiger partial charge in [0.2, 0.25) is 0 Å². The standard InChI is InChI=1S/C16H14N2O3S2/c1-8-9(2)23-14(12(8)15(20)21-3)18-13(19)10-6-4-5-7-11(10)17-16(18)22/h4-7H,1-3H3,(H,17,22). The molecule has 0 aliphatic rings. The van der Waals surface area contributed by atoms with Crippen molar-refractivity contribution < 1.29 is 9.53 Å². The van der Waals surface area contributed by atoms with Crippen LogP contribution in [0.15, 0.2) is 29.1 Å². The first-order chi connectivity index (χ1) is 11.0. The maximum atomic E-state index is 12.9. The van der Waals surface area contributed by atoms with Crippen molar-refractivity contribution in [1.29, 1.82) is 0 Å². The number of nitrogens with zero attached hydrogens (tertiary/aromatic N) is 1. The van der Waals surface area contributed by atoms with Crippen molar-refractivity contribution in [3.8, 4) is 5.00 Å². The predicted molar refractivity (Wildman–Crippen MR) is 93.4 cm³/mol. The summed E-state index contributed by atoms with van der Waals surface area (Å²) in [4.78, 5) is 29.0. The van der Waals surface area contributed by atoms with Crippen molar-refractivity contribution >= 4 is 40.4 Å². The van der Waals surface area contributed by atoms with Gasteiger partial charge in [-0.25, -0.2) is 9.36 Å². The number of methoxy groups -OCH3 is 1. The topological polar surface area (TPSA) is 64.1 Å². The number of hydrogen-bond acceptors (Lipinski definition) is 5. The van der Waals surface area contributed by atoms with Crippen LogP contribution in [0, 0.1) is 18.6 Å². The van der Waals surface area contributed by atoms with Crippen molar-refractivity contribution in [2.45, 2.75) is 13.8 Å². The van der Waals surface area contributed by atoms with Gasteiger partial charge >= 0.3 is 5.97 Å². The van der Waals surface area contributed by atoms with Gasteiger partial charge in [-0.15, -0.1) is 11.3 Å². The van der Waals surface area contributed by atoms with E-state index in [9.17, 15) is 9.59 Å². The van der Waals surface area contributed by atoms with Crippen molar-refractivity contribution in [3.63, 3.8) is 0 Å². The van der Waals surface area contributed by atoms with Crippen LogP contribution in [0.5, 0.6) is 0 Å². The summed E-state index contributed by atoms with van der Waals surface area (Å²) in [5.74, 6) is -0.476. The minimum absolute atomic E-state index is 0.250. The molecule has 2 heterocycles. The zero-order chi connectivity index (χ0) is 16.7. The zero-order valence-electron chi connectivity index (χ0n) is 12.8. The molecular formula is C16H14N2O3S2. The van der Waals surface area contributed by atoms with E-state index >= 15 is 0 Å². The summed E-state index contributed by atoms with van der Waals surface area (Å²) in [5, 5.41) is 1.00. The summed E-state index contributed by atoms with van der Waals surface area (Å²) in [5.41, 5.74) is 1.59. The van der Waals surface area contributed by atoms with Crippen molar-refractivity contribution in [2.24, 2.45) is 0 Å². The molecule has 0 atom stereocenters. The summed E-state index contributed by atoms with van der Waals surface area (Å²) in [6.07, 6.45) is 0. The Labute approximate surface area is 141 Å². The molecule has 1 N–H and O–H groups in total. The van der Waals surface area contributed by atoms with E-state index in [-0.39, 0.29) is 10.3 Å². The second-order valence-electron chi connectivity index (χ2n) is 5.07. The number of aromatic amines is 1. The van der Waals surface area contributed by atoms with Gasteiger partial charge in [0.1, 0.15) is 5.00 Å². The van der Waals surface area contributed by atoms with Gasteiger partial charge in [0, 0.05) is 4.88 Å². The summed E-state index contributed by atoms with van der Waals surface area (Å²) < 4.78 is 6.49. The number of carbonyl (C=O) groups excluding carboxylic acids is 1. The van der Waals surface area contributed by atoms with Gasteiger partial charge in [-0.1, -0.05) is 12.1 Å². The van der Waals surface area contributed by atoms with Crippen LogP contribution in [0.4, 0.5) is 0 Å². The van der Waals surface area contributed by atoms with E-state index in [0.717, 1.165) is 10.4 Å². The Morgan fingerprint density at radius 2 is 2.00 bits per heavy atom. The lowest BCUT2D eigenvalue weighted by molar-refractivity contribution is 0.0600. The maximum Gasteiger partial charge on any atom is 0.341 e. The van der Waals surface area contributed by atoms with E-state index in [1.54, 1.807) is 18.2 Å². The molecule has 5 nitrogen and oxygen atoms in total. The van der Waals surface area contributed by atoms with Crippen LogP contribution in [0.3, 0.4) is 0 Å². The molecule has 23 heavy (non-hydrogen) atoms. The summed E-state index contributed by atoms with van der Waals surface area (Å²) in [7, 11) is 1.32. The first-order valence-corrected chi connectivity index (χ1v) is 8.11. The number of fused-ring (bicyclic) bond motifs is 1. The molecule has 3 aromatic rings. The lowest BCUT2D eigenvalue weighted by Crippen LogP contribution is -2.21. The average molecular weight is 346 g/mol. The number of thiophene rings is 1. The van der Waals surface area contributed by atoms with Crippen molar-refractivity contribution in [3.05, 3.63) is 55.4 Å². The molecule has 0 amide bonds. The molecule has 0 saturated heterocycles. The highest BCUT2D eigenvalue weighted by atomic mass is 32.1. The Morgan fingerprint density at radius 3 is 2.70 bits per heavy atom. The third kappa shape index (κ3) is 2.42. The molecule has 0 aliphatic heterocycles. The van der Waals surface area contributed by atoms with Crippen molar-refractivity contribution in [2.75, 3.05) is 7.11 Å². The molecule has 0 spiro atoms. The summed E-state index contributed by atoms with van der Waals surface area (Å²) >= 11 is 6.70. The number of ether oxygens (including phenoxy) is 1. The van der Waals surface area contributed by atoms with Gasteiger partial charge in [0.15, 0.2) is 4.77 Å². The molecule has 0 saturated carbocycles. The molecular weight excluding hydrogens is 332 g/mol. The van der Waals surface area contributed by atoms with E-state index in [1.165, 1.54) is 23.0 Å². The second-order valence-corrected chi connectivity index (χ2v) is 6.66. The molecule has 2 aromatic heterocycles. The highest BCUT2D eigenvalue weighted by Crippen LogP contribution is 2.31. The number of rotatable bonds is 2. The van der Waals surface area contributed by atoms with E-state index in [2.05, 4.69) is 4.98 Å². The van der Waals surface area contributed by atoms with Gasteiger partial charge < -0.3 is 9.72 Å². The molecule has 118 valence electrons. The van der Waals surface area contributed by atoms with Gasteiger partial charge in [-0.05, 0) is 43.8 Å². The minimum atomic E-state index is -0.476. The first kappa shape index (κ1) is 15.6. The highest BCUT2D eigenvalue weighted by molar-refractivity contribution is 7.71. The predicted octanol–water partition coefficient (Wildman–Crippen LogP) is 3.51. The normalized spacial score (nSPS) is 10.9. The largest absolute Gasteiger partial charge is 0.465 e. The van der Waals surface area contributed by atoms with Crippen LogP contribution in [0.25, 0.3) is 15.9 Å². The number of aromatic nitrogens is 2. The van der Waals surface area contributed by atoms with Crippen LogP contribution in [0.2, 0.25) is 0 Å². The third-order valence-corrected chi connectivity index (χ3v) is 5.24. The Kier molecular flexibility index (Phi) is 3.91. The fourth-order valence-corrected chi connectivity index (χ4v) is 3.95. The van der Waals surface area contributed by atoms with E-state index in [4.69, 9.17) is 17.0 Å². The van der Waals surface area contributed by atoms with Crippen LogP contribution in [0.1, 0.15) is 20.8 Å². The molecule has 0 fully saturated rings. The molecule has 0 unspecified atom stereocenters. The lowest BCUT2D eigenvalue weighted by Gasteiger charge is -2.08. The molecule has 0 aliphatic carbocycles. The number of benzene rings is 1. The van der Waals surface area contributed by atoms with Gasteiger partial charge in [-0.2, -0.15) is 0 Å². The molecule has 0 radical (unpaired) electrons. The zero-order valence-corrected chi connectivity index (χ0v) is 14.4. The van der Waals surface area contributed by atoms with Crippen LogP contribution >= 0.6 is 23.6 Å². The number of H-pyrrole nitrogens is 1. The maximum absolute atomic E-state index is 12.9. The summed E-state index contributed by atoms with van der Waals surface area (Å²) in [6, 6.07) is 7.14. The van der Waals surface area contributed by atoms with Crippen LogP contribution < -0.4 is 5.56 Å². The average Bonchev–Trinajstić information content (AvgIpc) is 2.82. The number of esters is 1. The fourth-order valence-electron chi connectivity index (χ4n) is 2.46. The molecule has 1 aromatic carbocycles. The van der Waals surface area contributed by atoms with Crippen molar-refractivity contribution in [1.82, 2.24) is 9.55 Å². The Bertz CT molecular complexity index is 1040. The molecule has 0 bridgehead atoms. The Hall–Kier alpha value is -2.25. The Morgan fingerprint density at radius 1 is 1.30 bits per heavy atom. The number of nitrogens with one attached hydrogen (secondary N) is 1. The van der Waals surface area contributed by atoms with E-state index in [0.29, 0.717) is 21.5 Å². The molecule has 3 rings (SSSR count). The summed E-state index contributed by atoms with van der Waals surface area (Å²) in [6.45, 7) is 3.73. The van der Waals surface area contributed by atoms with Gasteiger partial charge in [0.05, 0.1) is 23.6 Å². The molecule has 7 heteroatoms. The quantitative estimate of drug-likeness (QED) is 0.570.